The molecule has 0 heterocycles. The molecule has 0 saturated carbocycles. The van der Waals surface area contributed by atoms with E-state index in [-0.39, 0.29) is 29.8 Å². The first-order chi connectivity index (χ1) is 12.4. The van der Waals surface area contributed by atoms with E-state index in [1.807, 2.05) is 36.4 Å². The van der Waals surface area contributed by atoms with Crippen molar-refractivity contribution < 1.29 is 13.2 Å². The molecule has 3 N–H and O–H groups in total. The summed E-state index contributed by atoms with van der Waals surface area (Å²) in [6.45, 7) is 0. The molecule has 0 fully saturated rings. The van der Waals surface area contributed by atoms with Crippen molar-refractivity contribution >= 4 is 53.1 Å². The lowest BCUT2D eigenvalue weighted by molar-refractivity contribution is -0.137. The molecule has 3 rings (SSSR count). The van der Waals surface area contributed by atoms with Gasteiger partial charge in [-0.25, -0.2) is 4.99 Å². The van der Waals surface area contributed by atoms with Gasteiger partial charge in [-0.2, -0.15) is 25.8 Å². The molecule has 3 aromatic rings. The molecule has 0 spiro atoms. The Balaban J connectivity index is 0.00000261. The molecule has 3 aromatic carbocycles. The van der Waals surface area contributed by atoms with Gasteiger partial charge < -0.3 is 11.1 Å². The van der Waals surface area contributed by atoms with Gasteiger partial charge in [0.15, 0.2) is 5.96 Å². The van der Waals surface area contributed by atoms with E-state index < -0.39 is 11.7 Å². The monoisotopic (exact) mass is 411 g/mol. The lowest BCUT2D eigenvalue weighted by atomic mass is 10.1. The molecule has 0 saturated heterocycles. The molecule has 142 valence electrons. The van der Waals surface area contributed by atoms with Gasteiger partial charge in [0, 0.05) is 16.8 Å². The lowest BCUT2D eigenvalue weighted by Gasteiger charge is -2.14. The van der Waals surface area contributed by atoms with Crippen molar-refractivity contribution in [2.45, 2.75) is 11.9 Å². The maximum atomic E-state index is 13.0. The van der Waals surface area contributed by atoms with Gasteiger partial charge in [0.2, 0.25) is 0 Å². The molecule has 0 atom stereocenters. The predicted octanol–water partition coefficient (Wildman–Crippen LogP) is 5.77. The van der Waals surface area contributed by atoms with Crippen molar-refractivity contribution in [3.63, 3.8) is 0 Å². The third kappa shape index (κ3) is 4.87. The first-order valence-electron chi connectivity index (χ1n) is 7.78. The summed E-state index contributed by atoms with van der Waals surface area (Å²) in [5.41, 5.74) is 6.64. The van der Waals surface area contributed by atoms with E-state index in [2.05, 4.69) is 22.9 Å². The van der Waals surface area contributed by atoms with E-state index in [4.69, 9.17) is 5.73 Å². The molecule has 0 aliphatic carbocycles. The number of alkyl halides is 3. The second-order valence-corrected chi connectivity index (χ2v) is 5.96. The number of nitrogens with zero attached hydrogens (tertiary/aromatic N) is 1. The average Bonchev–Trinajstić information content (AvgIpc) is 2.61. The van der Waals surface area contributed by atoms with E-state index >= 15 is 0 Å². The minimum Gasteiger partial charge on any atom is -0.369 e. The Morgan fingerprint density at radius 2 is 1.74 bits per heavy atom. The van der Waals surface area contributed by atoms with Crippen molar-refractivity contribution in [1.82, 2.24) is 0 Å². The van der Waals surface area contributed by atoms with Crippen molar-refractivity contribution in [1.29, 1.82) is 0 Å². The van der Waals surface area contributed by atoms with Crippen molar-refractivity contribution in [3.8, 4) is 0 Å². The normalized spacial score (nSPS) is 11.9. The van der Waals surface area contributed by atoms with Crippen molar-refractivity contribution in [2.24, 2.45) is 10.7 Å². The summed E-state index contributed by atoms with van der Waals surface area (Å²) in [6, 6.07) is 16.7. The standard InChI is InChI=1S/C19H16F3N3S.ClH/c20-19(21,22)14-9-8-13(11-26)17(10-14)25-18(23)24-16-7-3-5-12-4-1-2-6-15(12)16;/h1-10,26H,11H2,(H3,23,24,25);1H. The third-order valence-electron chi connectivity index (χ3n) is 3.88. The minimum absolute atomic E-state index is 0. The number of benzene rings is 3. The Bertz CT molecular complexity index is 969. The second-order valence-electron chi connectivity index (χ2n) is 5.65. The van der Waals surface area contributed by atoms with Crippen LogP contribution in [0.3, 0.4) is 0 Å². The molecular formula is C19H17ClF3N3S. The molecule has 0 bridgehead atoms. The van der Waals surface area contributed by atoms with Gasteiger partial charge in [-0.15, -0.1) is 12.4 Å². The topological polar surface area (TPSA) is 50.4 Å². The van der Waals surface area contributed by atoms with Gasteiger partial charge in [-0.05, 0) is 29.1 Å². The summed E-state index contributed by atoms with van der Waals surface area (Å²) in [4.78, 5) is 4.33. The van der Waals surface area contributed by atoms with E-state index in [0.717, 1.165) is 22.9 Å². The van der Waals surface area contributed by atoms with Gasteiger partial charge in [0.1, 0.15) is 0 Å². The van der Waals surface area contributed by atoms with Crippen LogP contribution in [0.5, 0.6) is 0 Å². The van der Waals surface area contributed by atoms with Gasteiger partial charge in [0.05, 0.1) is 11.3 Å². The Hall–Kier alpha value is -2.38. The molecule has 27 heavy (non-hydrogen) atoms. The summed E-state index contributed by atoms with van der Waals surface area (Å²) in [7, 11) is 0. The second kappa shape index (κ2) is 8.54. The lowest BCUT2D eigenvalue weighted by Crippen LogP contribution is -2.23. The van der Waals surface area contributed by atoms with Crippen LogP contribution >= 0.6 is 25.0 Å². The largest absolute Gasteiger partial charge is 0.416 e. The van der Waals surface area contributed by atoms with Crippen molar-refractivity contribution in [3.05, 3.63) is 71.8 Å². The molecule has 0 amide bonds. The number of hydrogen-bond donors (Lipinski definition) is 3. The number of thiol groups is 1. The van der Waals surface area contributed by atoms with Gasteiger partial charge in [0.25, 0.3) is 0 Å². The zero-order valence-corrected chi connectivity index (χ0v) is 15.7. The molecule has 0 aliphatic rings. The van der Waals surface area contributed by atoms with E-state index in [1.54, 1.807) is 6.07 Å². The number of fused-ring (bicyclic) bond motifs is 1. The highest BCUT2D eigenvalue weighted by molar-refractivity contribution is 7.79. The highest BCUT2D eigenvalue weighted by Gasteiger charge is 2.31. The number of nitrogens with one attached hydrogen (secondary N) is 1. The maximum Gasteiger partial charge on any atom is 0.416 e. The Labute approximate surface area is 166 Å². The summed E-state index contributed by atoms with van der Waals surface area (Å²) in [5.74, 6) is 0.269. The van der Waals surface area contributed by atoms with Crippen LogP contribution in [0.15, 0.2) is 65.7 Å². The van der Waals surface area contributed by atoms with Crippen LogP contribution in [0.25, 0.3) is 10.8 Å². The first-order valence-corrected chi connectivity index (χ1v) is 8.41. The zero-order valence-electron chi connectivity index (χ0n) is 14.0. The minimum atomic E-state index is -4.44. The van der Waals surface area contributed by atoms with Crippen LogP contribution in [-0.4, -0.2) is 5.96 Å². The van der Waals surface area contributed by atoms with E-state index in [0.29, 0.717) is 11.3 Å². The van der Waals surface area contributed by atoms with Crippen LogP contribution in [0.1, 0.15) is 11.1 Å². The van der Waals surface area contributed by atoms with Crippen LogP contribution in [-0.2, 0) is 11.9 Å². The van der Waals surface area contributed by atoms with Crippen molar-refractivity contribution in [2.75, 3.05) is 5.32 Å². The number of rotatable bonds is 3. The Morgan fingerprint density at radius 1 is 1.04 bits per heavy atom. The summed E-state index contributed by atoms with van der Waals surface area (Å²) >= 11 is 4.15. The van der Waals surface area contributed by atoms with Crippen LogP contribution in [0.2, 0.25) is 0 Å². The van der Waals surface area contributed by atoms with Crippen LogP contribution in [0.4, 0.5) is 24.5 Å². The summed E-state index contributed by atoms with van der Waals surface area (Å²) < 4.78 is 38.9. The smallest absolute Gasteiger partial charge is 0.369 e. The molecule has 0 radical (unpaired) electrons. The Kier molecular flexibility index (Phi) is 6.62. The number of nitrogens with two attached hydrogens (primary N) is 1. The SMILES string of the molecule is Cl.NC(=Nc1cccc2ccccc12)Nc1cc(C(F)(F)F)ccc1CS. The number of hydrogen-bond acceptors (Lipinski definition) is 2. The number of anilines is 1. The highest BCUT2D eigenvalue weighted by atomic mass is 35.5. The highest BCUT2D eigenvalue weighted by Crippen LogP contribution is 2.33. The van der Waals surface area contributed by atoms with E-state index in [9.17, 15) is 13.2 Å². The molecule has 0 aliphatic heterocycles. The first kappa shape index (κ1) is 20.9. The third-order valence-corrected chi connectivity index (χ3v) is 4.22. The zero-order chi connectivity index (χ0) is 18.7. The molecular weight excluding hydrogens is 395 g/mol. The summed E-state index contributed by atoms with van der Waals surface area (Å²) in [5, 5.41) is 4.66. The predicted molar refractivity (Wildman–Crippen MR) is 110 cm³/mol. The molecule has 0 aromatic heterocycles. The Morgan fingerprint density at radius 3 is 2.44 bits per heavy atom. The fourth-order valence-electron chi connectivity index (χ4n) is 2.61. The van der Waals surface area contributed by atoms with Gasteiger partial charge >= 0.3 is 6.18 Å². The average molecular weight is 412 g/mol. The molecule has 8 heteroatoms. The molecule has 0 unspecified atom stereocenters. The van der Waals surface area contributed by atoms with Crippen LogP contribution < -0.4 is 11.1 Å². The van der Waals surface area contributed by atoms with Gasteiger partial charge in [-0.1, -0.05) is 42.5 Å². The number of guanidine groups is 1. The van der Waals surface area contributed by atoms with Crippen LogP contribution in [0, 0.1) is 0 Å². The number of halogens is 4. The number of aliphatic imine (C=N–C) groups is 1. The molecule has 3 nitrogen and oxygen atoms in total. The quantitative estimate of drug-likeness (QED) is 0.291. The fourth-order valence-corrected chi connectivity index (χ4v) is 2.88. The maximum absolute atomic E-state index is 13.0. The fraction of sp³-hybridized carbons (Fsp3) is 0.105. The summed E-state index contributed by atoms with van der Waals surface area (Å²) in [6.07, 6.45) is -4.44. The van der Waals surface area contributed by atoms with E-state index in [1.165, 1.54) is 6.07 Å². The van der Waals surface area contributed by atoms with Gasteiger partial charge in [-0.3, -0.25) is 0 Å².